The molecule has 0 radical (unpaired) electrons. The molecule has 0 amide bonds. The van der Waals surface area contributed by atoms with Gasteiger partial charge in [0.15, 0.2) is 0 Å². The normalized spacial score (nSPS) is 19.1. The third-order valence-electron chi connectivity index (χ3n) is 4.12. The summed E-state index contributed by atoms with van der Waals surface area (Å²) in [5.41, 5.74) is 6.60. The van der Waals surface area contributed by atoms with Crippen LogP contribution in [0.4, 0.5) is 0 Å². The number of aryl methyl sites for hydroxylation is 1. The van der Waals surface area contributed by atoms with Crippen molar-refractivity contribution >= 4 is 34.2 Å². The van der Waals surface area contributed by atoms with Crippen LogP contribution in [0.2, 0.25) is 5.02 Å². The van der Waals surface area contributed by atoms with Gasteiger partial charge >= 0.3 is 0 Å². The molecule has 0 aliphatic heterocycles. The summed E-state index contributed by atoms with van der Waals surface area (Å²) in [5, 5.41) is 0.769. The molecule has 3 N–H and O–H groups in total. The smallest absolute Gasteiger partial charge is 0.0544 e. The molecule has 110 valence electrons. The van der Waals surface area contributed by atoms with Crippen molar-refractivity contribution < 1.29 is 0 Å². The Kier molecular flexibility index (Phi) is 4.78. The van der Waals surface area contributed by atoms with Crippen LogP contribution in [0.3, 0.4) is 0 Å². The number of hydrazine groups is 1. The van der Waals surface area contributed by atoms with Gasteiger partial charge in [-0.3, -0.25) is 16.3 Å². The highest BCUT2D eigenvalue weighted by molar-refractivity contribution is 14.1. The van der Waals surface area contributed by atoms with E-state index in [9.17, 15) is 0 Å². The van der Waals surface area contributed by atoms with E-state index in [0.717, 1.165) is 27.0 Å². The van der Waals surface area contributed by atoms with Crippen LogP contribution in [0.15, 0.2) is 36.5 Å². The second-order valence-corrected chi connectivity index (χ2v) is 6.93. The summed E-state index contributed by atoms with van der Waals surface area (Å²) in [7, 11) is 0. The fourth-order valence-electron chi connectivity index (χ4n) is 3.12. The molecule has 0 saturated carbocycles. The number of nitrogens with zero attached hydrogens (tertiary/aromatic N) is 1. The van der Waals surface area contributed by atoms with E-state index in [1.807, 2.05) is 24.4 Å². The lowest BCUT2D eigenvalue weighted by Crippen LogP contribution is -2.34. The van der Waals surface area contributed by atoms with Crippen LogP contribution >= 0.6 is 34.2 Å². The maximum Gasteiger partial charge on any atom is 0.0544 e. The molecule has 3 nitrogen and oxygen atoms in total. The van der Waals surface area contributed by atoms with Gasteiger partial charge in [-0.15, -0.1) is 0 Å². The zero-order valence-electron chi connectivity index (χ0n) is 11.5. The number of hydrogen-bond acceptors (Lipinski definition) is 3. The van der Waals surface area contributed by atoms with E-state index in [0.29, 0.717) is 0 Å². The average molecular weight is 414 g/mol. The number of benzene rings is 1. The molecule has 0 spiro atoms. The van der Waals surface area contributed by atoms with Gasteiger partial charge in [-0.25, -0.2) is 0 Å². The summed E-state index contributed by atoms with van der Waals surface area (Å²) in [4.78, 5) is 4.61. The van der Waals surface area contributed by atoms with Crippen molar-refractivity contribution in [3.63, 3.8) is 0 Å². The lowest BCUT2D eigenvalue weighted by Gasteiger charge is -2.31. The van der Waals surface area contributed by atoms with Crippen molar-refractivity contribution in [2.24, 2.45) is 5.84 Å². The lowest BCUT2D eigenvalue weighted by molar-refractivity contribution is 0.400. The Balaban J connectivity index is 1.99. The van der Waals surface area contributed by atoms with Gasteiger partial charge < -0.3 is 0 Å². The molecule has 2 atom stereocenters. The highest BCUT2D eigenvalue weighted by Crippen LogP contribution is 2.39. The summed E-state index contributed by atoms with van der Waals surface area (Å²) in [6, 6.07) is 10.3. The molecule has 1 aromatic carbocycles. The topological polar surface area (TPSA) is 50.9 Å². The van der Waals surface area contributed by atoms with Gasteiger partial charge in [0, 0.05) is 21.4 Å². The van der Waals surface area contributed by atoms with Gasteiger partial charge in [-0.2, -0.15) is 0 Å². The number of nitrogens with two attached hydrogens (primary N) is 1. The zero-order valence-corrected chi connectivity index (χ0v) is 14.4. The quantitative estimate of drug-likeness (QED) is 0.455. The van der Waals surface area contributed by atoms with Crippen molar-refractivity contribution in [1.29, 1.82) is 0 Å². The monoisotopic (exact) mass is 413 g/mol. The fourth-order valence-corrected chi connectivity index (χ4v) is 3.64. The van der Waals surface area contributed by atoms with E-state index in [2.05, 4.69) is 45.1 Å². The van der Waals surface area contributed by atoms with Crippen molar-refractivity contribution in [3.8, 4) is 0 Å². The third kappa shape index (κ3) is 3.08. The van der Waals surface area contributed by atoms with Gasteiger partial charge in [0.2, 0.25) is 0 Å². The first-order chi connectivity index (χ1) is 10.2. The first-order valence-electron chi connectivity index (χ1n) is 7.05. The Morgan fingerprint density at radius 1 is 1.38 bits per heavy atom. The first-order valence-corrected chi connectivity index (χ1v) is 8.51. The molecule has 0 saturated heterocycles. The Bertz CT molecular complexity index is 647. The summed E-state index contributed by atoms with van der Waals surface area (Å²) in [6.07, 6.45) is 5.22. The van der Waals surface area contributed by atoms with E-state index >= 15 is 0 Å². The molecular formula is C16H17ClIN3. The van der Waals surface area contributed by atoms with Crippen LogP contribution in [0.5, 0.6) is 0 Å². The van der Waals surface area contributed by atoms with Crippen molar-refractivity contribution in [2.75, 3.05) is 0 Å². The molecule has 2 aromatic rings. The van der Waals surface area contributed by atoms with Gasteiger partial charge in [0.25, 0.3) is 0 Å². The Morgan fingerprint density at radius 3 is 3.00 bits per heavy atom. The molecule has 1 aliphatic carbocycles. The van der Waals surface area contributed by atoms with Crippen molar-refractivity contribution in [2.45, 2.75) is 31.2 Å². The maximum absolute atomic E-state index is 6.26. The number of hydrogen-bond donors (Lipinski definition) is 2. The molecule has 5 heteroatoms. The minimum absolute atomic E-state index is 0.0356. The number of pyridine rings is 1. The number of fused-ring (bicyclic) bond motifs is 1. The largest absolute Gasteiger partial charge is 0.271 e. The highest BCUT2D eigenvalue weighted by atomic mass is 127. The van der Waals surface area contributed by atoms with Gasteiger partial charge in [-0.05, 0) is 71.2 Å². The van der Waals surface area contributed by atoms with Crippen LogP contribution < -0.4 is 11.3 Å². The Hall–Kier alpha value is -0.690. The van der Waals surface area contributed by atoms with Crippen LogP contribution in [-0.2, 0) is 6.42 Å². The molecule has 1 aliphatic rings. The van der Waals surface area contributed by atoms with Gasteiger partial charge in [0.1, 0.15) is 0 Å². The van der Waals surface area contributed by atoms with Crippen LogP contribution in [0.25, 0.3) is 0 Å². The molecule has 0 fully saturated rings. The summed E-state index contributed by atoms with van der Waals surface area (Å²) in [6.45, 7) is 0. The number of rotatable bonds is 3. The molecular weight excluding hydrogens is 397 g/mol. The highest BCUT2D eigenvalue weighted by Gasteiger charge is 2.29. The molecule has 1 aromatic heterocycles. The van der Waals surface area contributed by atoms with Crippen LogP contribution in [0, 0.1) is 3.57 Å². The van der Waals surface area contributed by atoms with E-state index in [-0.39, 0.29) is 12.0 Å². The van der Waals surface area contributed by atoms with Crippen molar-refractivity contribution in [1.82, 2.24) is 10.4 Å². The third-order valence-corrected chi connectivity index (χ3v) is 5.70. The summed E-state index contributed by atoms with van der Waals surface area (Å²) >= 11 is 8.50. The Labute approximate surface area is 143 Å². The van der Waals surface area contributed by atoms with Crippen molar-refractivity contribution in [3.05, 3.63) is 61.9 Å². The standard InChI is InChI=1S/C16H17ClIN3/c17-13-9-11(6-7-14(13)18)16(21-19)12-5-1-3-10-4-2-8-20-15(10)12/h2,4,6-9,12,16,21H,1,3,5,19H2. The summed E-state index contributed by atoms with van der Waals surface area (Å²) in [5.74, 6) is 6.15. The van der Waals surface area contributed by atoms with E-state index in [1.54, 1.807) is 0 Å². The molecule has 21 heavy (non-hydrogen) atoms. The maximum atomic E-state index is 6.26. The number of nitrogens with one attached hydrogen (secondary N) is 1. The zero-order chi connectivity index (χ0) is 14.8. The average Bonchev–Trinajstić information content (AvgIpc) is 2.52. The Morgan fingerprint density at radius 2 is 2.24 bits per heavy atom. The predicted octanol–water partition coefficient (Wildman–Crippen LogP) is 3.96. The van der Waals surface area contributed by atoms with E-state index in [4.69, 9.17) is 17.4 Å². The minimum Gasteiger partial charge on any atom is -0.271 e. The lowest BCUT2D eigenvalue weighted by atomic mass is 9.80. The van der Waals surface area contributed by atoms with E-state index < -0.39 is 0 Å². The fraction of sp³-hybridized carbons (Fsp3) is 0.312. The van der Waals surface area contributed by atoms with E-state index in [1.165, 1.54) is 17.7 Å². The molecule has 3 rings (SSSR count). The number of halogens is 2. The predicted molar refractivity (Wildman–Crippen MR) is 94.1 cm³/mol. The molecule has 2 unspecified atom stereocenters. The molecule has 1 heterocycles. The second kappa shape index (κ2) is 6.60. The first kappa shape index (κ1) is 15.2. The SMILES string of the molecule is NNC(c1ccc(I)c(Cl)c1)C1CCCc2cccnc21. The van der Waals surface area contributed by atoms with Gasteiger partial charge in [0.05, 0.1) is 11.1 Å². The van der Waals surface area contributed by atoms with Crippen LogP contribution in [0.1, 0.15) is 41.6 Å². The second-order valence-electron chi connectivity index (χ2n) is 5.36. The minimum atomic E-state index is 0.0356. The summed E-state index contributed by atoms with van der Waals surface area (Å²) < 4.78 is 1.05. The molecule has 0 bridgehead atoms. The van der Waals surface area contributed by atoms with Crippen LogP contribution in [-0.4, -0.2) is 4.98 Å². The number of aromatic nitrogens is 1. The van der Waals surface area contributed by atoms with Gasteiger partial charge in [-0.1, -0.05) is 23.7 Å².